The minimum absolute atomic E-state index is 0.0923. The predicted molar refractivity (Wildman–Crippen MR) is 57.7 cm³/mol. The second-order valence-corrected chi connectivity index (χ2v) is 4.72. The van der Waals surface area contributed by atoms with Gasteiger partial charge in [0, 0.05) is 12.2 Å². The van der Waals surface area contributed by atoms with Gasteiger partial charge in [-0.15, -0.1) is 0 Å². The van der Waals surface area contributed by atoms with Gasteiger partial charge >= 0.3 is 5.92 Å². The molecule has 0 aromatic rings. The van der Waals surface area contributed by atoms with Gasteiger partial charge < -0.3 is 0 Å². The molecule has 3 unspecified atom stereocenters. The Balaban J connectivity index is 4.14. The van der Waals surface area contributed by atoms with Crippen LogP contribution < -0.4 is 0 Å². The quantitative estimate of drug-likeness (QED) is 0.660. The van der Waals surface area contributed by atoms with Crippen molar-refractivity contribution in [1.82, 2.24) is 0 Å². The largest absolute Gasteiger partial charge is 0.311 e. The average molecular weight is 278 g/mol. The summed E-state index contributed by atoms with van der Waals surface area (Å²) in [5.74, 6) is -4.43. The molecular weight excluding hydrogens is 263 g/mol. The molecule has 0 rings (SSSR count). The van der Waals surface area contributed by atoms with Crippen molar-refractivity contribution in [2.45, 2.75) is 51.1 Å². The van der Waals surface area contributed by atoms with Crippen LogP contribution in [0.2, 0.25) is 0 Å². The minimum Gasteiger partial charge on any atom is -0.287 e. The summed E-state index contributed by atoms with van der Waals surface area (Å²) in [7, 11) is 0. The van der Waals surface area contributed by atoms with Gasteiger partial charge in [-0.3, -0.25) is 4.79 Å². The molecule has 0 saturated carbocycles. The summed E-state index contributed by atoms with van der Waals surface area (Å²) in [4.78, 5) is 10.8. The lowest BCUT2D eigenvalue weighted by Crippen LogP contribution is -2.43. The van der Waals surface area contributed by atoms with Crippen molar-refractivity contribution in [3.05, 3.63) is 0 Å². The summed E-state index contributed by atoms with van der Waals surface area (Å²) in [6, 6.07) is 0. The number of halogens is 5. The van der Waals surface area contributed by atoms with Crippen molar-refractivity contribution < 1.29 is 26.7 Å². The number of thioether (sulfide) groups is 1. The van der Waals surface area contributed by atoms with Crippen molar-refractivity contribution >= 4 is 16.9 Å². The van der Waals surface area contributed by atoms with Crippen molar-refractivity contribution in [1.29, 1.82) is 0 Å². The van der Waals surface area contributed by atoms with E-state index in [4.69, 9.17) is 0 Å². The summed E-state index contributed by atoms with van der Waals surface area (Å²) in [6.07, 6.45) is -8.71. The molecule has 3 atom stereocenters. The topological polar surface area (TPSA) is 17.1 Å². The fourth-order valence-corrected chi connectivity index (χ4v) is 1.77. The zero-order valence-corrected chi connectivity index (χ0v) is 10.4. The van der Waals surface area contributed by atoms with Crippen LogP contribution >= 0.6 is 11.8 Å². The maximum Gasteiger partial charge on any atom is 0.311 e. The Hall–Kier alpha value is -0.330. The molecule has 0 amide bonds. The van der Waals surface area contributed by atoms with E-state index in [1.54, 1.807) is 6.92 Å². The predicted octanol–water partition coefficient (Wildman–Crippen LogP) is 3.72. The molecule has 0 spiro atoms. The molecule has 1 nitrogen and oxygen atoms in total. The SMILES string of the molecule is CCC(=O)SCCC(F)C(F)C(F)(F)C(C)F. The summed E-state index contributed by atoms with van der Waals surface area (Å²) in [6.45, 7) is 2.08. The van der Waals surface area contributed by atoms with Crippen molar-refractivity contribution in [3.8, 4) is 0 Å². The van der Waals surface area contributed by atoms with Gasteiger partial charge in [0.2, 0.25) is 0 Å². The van der Waals surface area contributed by atoms with Gasteiger partial charge in [-0.1, -0.05) is 18.7 Å². The number of alkyl halides is 5. The smallest absolute Gasteiger partial charge is 0.287 e. The van der Waals surface area contributed by atoms with Crippen LogP contribution in [0.4, 0.5) is 22.0 Å². The lowest BCUT2D eigenvalue weighted by Gasteiger charge is -2.24. The maximum absolute atomic E-state index is 13.1. The molecule has 0 heterocycles. The van der Waals surface area contributed by atoms with E-state index >= 15 is 0 Å². The molecule has 102 valence electrons. The van der Waals surface area contributed by atoms with Crippen LogP contribution in [0.5, 0.6) is 0 Å². The Bertz CT molecular complexity index is 247. The van der Waals surface area contributed by atoms with Crippen molar-refractivity contribution in [2.75, 3.05) is 5.75 Å². The Morgan fingerprint density at radius 3 is 2.24 bits per heavy atom. The highest BCUT2D eigenvalue weighted by molar-refractivity contribution is 8.13. The first-order valence-corrected chi connectivity index (χ1v) is 6.17. The number of rotatable bonds is 7. The first kappa shape index (κ1) is 16.7. The van der Waals surface area contributed by atoms with Crippen LogP contribution in [0.1, 0.15) is 26.7 Å². The summed E-state index contributed by atoms with van der Waals surface area (Å²) < 4.78 is 64.0. The van der Waals surface area contributed by atoms with Crippen LogP contribution in [0.25, 0.3) is 0 Å². The van der Waals surface area contributed by atoms with E-state index in [-0.39, 0.29) is 17.3 Å². The molecule has 7 heteroatoms. The summed E-state index contributed by atoms with van der Waals surface area (Å²) in [5, 5.41) is -0.224. The summed E-state index contributed by atoms with van der Waals surface area (Å²) in [5.41, 5.74) is 0. The molecule has 0 bridgehead atoms. The van der Waals surface area contributed by atoms with Crippen LogP contribution in [0, 0.1) is 0 Å². The second-order valence-electron chi connectivity index (χ2n) is 3.57. The molecule has 0 radical (unpaired) electrons. The summed E-state index contributed by atoms with van der Waals surface area (Å²) >= 11 is 0.757. The Labute approximate surface area is 101 Å². The fourth-order valence-electron chi connectivity index (χ4n) is 0.994. The second kappa shape index (κ2) is 7.18. The van der Waals surface area contributed by atoms with Crippen molar-refractivity contribution in [2.24, 2.45) is 0 Å². The first-order chi connectivity index (χ1) is 7.73. The third-order valence-electron chi connectivity index (χ3n) is 2.16. The zero-order valence-electron chi connectivity index (χ0n) is 9.56. The Kier molecular flexibility index (Phi) is 7.04. The van der Waals surface area contributed by atoms with Gasteiger partial charge in [0.05, 0.1) is 0 Å². The molecule has 0 aromatic heterocycles. The highest BCUT2D eigenvalue weighted by Gasteiger charge is 2.50. The average Bonchev–Trinajstić information content (AvgIpc) is 2.27. The number of carbonyl (C=O) groups is 1. The Morgan fingerprint density at radius 2 is 1.82 bits per heavy atom. The molecule has 0 fully saturated rings. The van der Waals surface area contributed by atoms with Gasteiger partial charge in [0.25, 0.3) is 0 Å². The van der Waals surface area contributed by atoms with E-state index in [1.165, 1.54) is 0 Å². The van der Waals surface area contributed by atoms with Crippen molar-refractivity contribution in [3.63, 3.8) is 0 Å². The molecule has 17 heavy (non-hydrogen) atoms. The van der Waals surface area contributed by atoms with E-state index in [2.05, 4.69) is 0 Å². The van der Waals surface area contributed by atoms with E-state index in [1.807, 2.05) is 0 Å². The monoisotopic (exact) mass is 278 g/mol. The molecule has 0 aliphatic rings. The number of hydrogen-bond donors (Lipinski definition) is 0. The standard InChI is InChI=1S/C10H15F5OS/c1-3-8(16)17-5-4-7(12)9(13)10(14,15)6(2)11/h6-7,9H,3-5H2,1-2H3. The van der Waals surface area contributed by atoms with Gasteiger partial charge in [0.1, 0.15) is 6.17 Å². The normalized spacial score (nSPS) is 17.6. The fraction of sp³-hybridized carbons (Fsp3) is 0.900. The van der Waals surface area contributed by atoms with E-state index in [0.717, 1.165) is 11.8 Å². The van der Waals surface area contributed by atoms with E-state index in [9.17, 15) is 26.7 Å². The third kappa shape index (κ3) is 5.23. The Morgan fingerprint density at radius 1 is 1.29 bits per heavy atom. The highest BCUT2D eigenvalue weighted by atomic mass is 32.2. The van der Waals surface area contributed by atoms with Crippen LogP contribution in [0.3, 0.4) is 0 Å². The first-order valence-electron chi connectivity index (χ1n) is 5.19. The molecule has 0 N–H and O–H groups in total. The van der Waals surface area contributed by atoms with Gasteiger partial charge in [-0.25, -0.2) is 22.0 Å². The third-order valence-corrected chi connectivity index (χ3v) is 3.21. The van der Waals surface area contributed by atoms with Gasteiger partial charge in [0.15, 0.2) is 17.5 Å². The van der Waals surface area contributed by atoms with Crippen LogP contribution in [-0.2, 0) is 4.79 Å². The lowest BCUT2D eigenvalue weighted by atomic mass is 10.0. The van der Waals surface area contributed by atoms with Gasteiger partial charge in [-0.05, 0) is 13.3 Å². The lowest BCUT2D eigenvalue weighted by molar-refractivity contribution is -0.141. The molecule has 0 saturated heterocycles. The van der Waals surface area contributed by atoms with E-state index in [0.29, 0.717) is 6.92 Å². The van der Waals surface area contributed by atoms with E-state index < -0.39 is 30.9 Å². The molecular formula is C10H15F5OS. The molecule has 0 aliphatic heterocycles. The maximum atomic E-state index is 13.1. The van der Waals surface area contributed by atoms with Crippen LogP contribution in [0.15, 0.2) is 0 Å². The minimum atomic E-state index is -4.33. The van der Waals surface area contributed by atoms with Crippen LogP contribution in [-0.4, -0.2) is 35.3 Å². The zero-order chi connectivity index (χ0) is 13.6. The number of hydrogen-bond acceptors (Lipinski definition) is 2. The van der Waals surface area contributed by atoms with Gasteiger partial charge in [-0.2, -0.15) is 0 Å². The molecule has 0 aromatic carbocycles. The number of carbonyl (C=O) groups excluding carboxylic acids is 1. The highest BCUT2D eigenvalue weighted by Crippen LogP contribution is 2.32. The molecule has 0 aliphatic carbocycles.